The third kappa shape index (κ3) is 5.80. The van der Waals surface area contributed by atoms with Gasteiger partial charge in [0.25, 0.3) is 0 Å². The van der Waals surface area contributed by atoms with Gasteiger partial charge in [0.15, 0.2) is 0 Å². The first kappa shape index (κ1) is 25.4. The van der Waals surface area contributed by atoms with Crippen LogP contribution in [-0.2, 0) is 17.1 Å². The van der Waals surface area contributed by atoms with Gasteiger partial charge in [-0.1, -0.05) is 55.2 Å². The van der Waals surface area contributed by atoms with Gasteiger partial charge in [0, 0.05) is 31.7 Å². The Bertz CT molecular complexity index is 1090. The normalized spacial score (nSPS) is 17.4. The van der Waals surface area contributed by atoms with E-state index in [2.05, 4.69) is 5.10 Å². The molecule has 0 aliphatic heterocycles. The minimum atomic E-state index is -3.75. The summed E-state index contributed by atoms with van der Waals surface area (Å²) in [5.41, 5.74) is 0.732. The summed E-state index contributed by atoms with van der Waals surface area (Å²) in [5, 5.41) is 5.58. The summed E-state index contributed by atoms with van der Waals surface area (Å²) in [6.45, 7) is 4.61. The lowest BCUT2D eigenvalue weighted by Crippen LogP contribution is -2.41. The highest BCUT2D eigenvalue weighted by atomic mass is 35.5. The van der Waals surface area contributed by atoms with Gasteiger partial charge in [-0.15, -0.1) is 0 Å². The van der Waals surface area contributed by atoms with E-state index in [9.17, 15) is 8.42 Å². The van der Waals surface area contributed by atoms with E-state index in [1.807, 2.05) is 46.0 Å². The molecule has 1 aromatic carbocycles. The van der Waals surface area contributed by atoms with Gasteiger partial charge in [0.05, 0.1) is 11.1 Å². The maximum atomic E-state index is 13.4. The summed E-state index contributed by atoms with van der Waals surface area (Å²) in [7, 11) is 2.02. The Morgan fingerprint density at radius 2 is 1.97 bits per heavy atom. The standard InChI is InChI=1S/C22H34ClN5O2S2/c1-6-28(15-16(2)26(3)4)32(29,30)20-14-17(12-13-19(20)23)21-25-27(5)22(31-21)24-18-10-8-7-9-11-18/h12-14,16,18H,6-11,15H2,1-5H3. The van der Waals surface area contributed by atoms with Crippen LogP contribution in [0.2, 0.25) is 5.02 Å². The maximum absolute atomic E-state index is 13.4. The predicted molar refractivity (Wildman–Crippen MR) is 132 cm³/mol. The van der Waals surface area contributed by atoms with Gasteiger partial charge in [-0.05, 0) is 46.0 Å². The zero-order valence-electron chi connectivity index (χ0n) is 19.6. The van der Waals surface area contributed by atoms with Gasteiger partial charge in [-0.25, -0.2) is 13.1 Å². The number of aromatic nitrogens is 2. The van der Waals surface area contributed by atoms with Crippen molar-refractivity contribution in [2.45, 2.75) is 62.9 Å². The van der Waals surface area contributed by atoms with Crippen molar-refractivity contribution in [2.75, 3.05) is 27.2 Å². The van der Waals surface area contributed by atoms with Crippen LogP contribution in [0.5, 0.6) is 0 Å². The van der Waals surface area contributed by atoms with Crippen molar-refractivity contribution in [3.05, 3.63) is 28.0 Å². The quantitative estimate of drug-likeness (QED) is 0.550. The highest BCUT2D eigenvalue weighted by Gasteiger charge is 2.28. The summed E-state index contributed by atoms with van der Waals surface area (Å²) in [4.78, 5) is 7.89. The van der Waals surface area contributed by atoms with E-state index in [0.717, 1.165) is 28.2 Å². The third-order valence-electron chi connectivity index (χ3n) is 6.07. The Balaban J connectivity index is 1.95. The topological polar surface area (TPSA) is 70.8 Å². The van der Waals surface area contributed by atoms with E-state index in [-0.39, 0.29) is 16.0 Å². The number of aryl methyl sites for hydroxylation is 1. The molecule has 1 saturated carbocycles. The average Bonchev–Trinajstić information content (AvgIpc) is 3.12. The molecule has 10 heteroatoms. The van der Waals surface area contributed by atoms with Gasteiger partial charge in [0.2, 0.25) is 14.8 Å². The molecule has 1 atom stereocenters. The van der Waals surface area contributed by atoms with Gasteiger partial charge < -0.3 is 4.90 Å². The van der Waals surface area contributed by atoms with E-state index in [4.69, 9.17) is 16.6 Å². The first-order valence-electron chi connectivity index (χ1n) is 11.2. The highest BCUT2D eigenvalue weighted by Crippen LogP contribution is 2.31. The van der Waals surface area contributed by atoms with Crippen LogP contribution in [0.3, 0.4) is 0 Å². The molecule has 0 bridgehead atoms. The van der Waals surface area contributed by atoms with Crippen molar-refractivity contribution in [3.63, 3.8) is 0 Å². The zero-order valence-corrected chi connectivity index (χ0v) is 22.0. The molecule has 1 aliphatic rings. The van der Waals surface area contributed by atoms with E-state index < -0.39 is 10.0 Å². The Morgan fingerprint density at radius 3 is 2.59 bits per heavy atom. The summed E-state index contributed by atoms with van der Waals surface area (Å²) in [6, 6.07) is 5.54. The van der Waals surface area contributed by atoms with Crippen LogP contribution in [0.25, 0.3) is 10.6 Å². The van der Waals surface area contributed by atoms with Gasteiger partial charge in [-0.2, -0.15) is 9.40 Å². The fraction of sp³-hybridized carbons (Fsp3) is 0.636. The van der Waals surface area contributed by atoms with Crippen molar-refractivity contribution in [3.8, 4) is 10.6 Å². The lowest BCUT2D eigenvalue weighted by Gasteiger charge is -2.28. The molecule has 1 aromatic heterocycles. The van der Waals surface area contributed by atoms with Gasteiger partial charge in [0.1, 0.15) is 9.90 Å². The second kappa shape index (κ2) is 10.8. The fourth-order valence-corrected chi connectivity index (χ4v) is 6.76. The molecule has 0 N–H and O–H groups in total. The molecule has 0 saturated heterocycles. The number of hydrogen-bond acceptors (Lipinski definition) is 6. The number of halogens is 1. The molecule has 0 spiro atoms. The van der Waals surface area contributed by atoms with Crippen molar-refractivity contribution < 1.29 is 8.42 Å². The van der Waals surface area contributed by atoms with Gasteiger partial charge >= 0.3 is 0 Å². The van der Waals surface area contributed by atoms with Crippen molar-refractivity contribution in [1.29, 1.82) is 0 Å². The van der Waals surface area contributed by atoms with E-state index in [0.29, 0.717) is 19.1 Å². The Hall–Kier alpha value is -1.26. The van der Waals surface area contributed by atoms with Crippen LogP contribution in [0.15, 0.2) is 28.1 Å². The number of sulfonamides is 1. The lowest BCUT2D eigenvalue weighted by atomic mass is 9.96. The van der Waals surface area contributed by atoms with Crippen LogP contribution >= 0.6 is 22.9 Å². The summed E-state index contributed by atoms with van der Waals surface area (Å²) >= 11 is 7.86. The molecule has 2 aromatic rings. The molecular weight excluding hydrogens is 466 g/mol. The molecule has 1 fully saturated rings. The number of nitrogens with zero attached hydrogens (tertiary/aromatic N) is 5. The monoisotopic (exact) mass is 499 g/mol. The summed E-state index contributed by atoms with van der Waals surface area (Å²) in [6.07, 6.45) is 5.98. The zero-order chi connectivity index (χ0) is 23.5. The second-order valence-corrected chi connectivity index (χ2v) is 11.9. The molecule has 1 heterocycles. The molecule has 178 valence electrons. The van der Waals surface area contributed by atoms with Crippen LogP contribution in [0, 0.1) is 0 Å². The Kier molecular flexibility index (Phi) is 8.54. The third-order valence-corrected chi connectivity index (χ3v) is 9.56. The number of likely N-dealkylation sites (N-methyl/N-ethyl adjacent to an activating group) is 2. The second-order valence-electron chi connectivity index (χ2n) is 8.65. The molecular formula is C22H34ClN5O2S2. The van der Waals surface area contributed by atoms with E-state index in [1.165, 1.54) is 34.9 Å². The first-order valence-corrected chi connectivity index (χ1v) is 13.8. The smallest absolute Gasteiger partial charge is 0.244 e. The Labute approximate surface area is 200 Å². The molecule has 1 aliphatic carbocycles. The van der Waals surface area contributed by atoms with Crippen molar-refractivity contribution in [2.24, 2.45) is 12.0 Å². The van der Waals surface area contributed by atoms with Gasteiger partial charge in [-0.3, -0.25) is 4.99 Å². The SMILES string of the molecule is CCN(CC(C)N(C)C)S(=O)(=O)c1cc(-c2nn(C)c(=NC3CCCCC3)s2)ccc1Cl. The largest absolute Gasteiger partial charge is 0.305 e. The number of benzene rings is 1. The summed E-state index contributed by atoms with van der Waals surface area (Å²) in [5.74, 6) is 0. The van der Waals surface area contributed by atoms with Crippen LogP contribution in [0.4, 0.5) is 0 Å². The number of hydrogen-bond donors (Lipinski definition) is 0. The summed E-state index contributed by atoms with van der Waals surface area (Å²) < 4.78 is 30.2. The fourth-order valence-electron chi connectivity index (χ4n) is 3.77. The average molecular weight is 500 g/mol. The maximum Gasteiger partial charge on any atom is 0.244 e. The van der Waals surface area contributed by atoms with E-state index >= 15 is 0 Å². The highest BCUT2D eigenvalue weighted by molar-refractivity contribution is 7.89. The molecule has 0 radical (unpaired) electrons. The predicted octanol–water partition coefficient (Wildman–Crippen LogP) is 4.00. The number of rotatable bonds is 8. The molecule has 3 rings (SSSR count). The first-order chi connectivity index (χ1) is 15.1. The van der Waals surface area contributed by atoms with Crippen LogP contribution in [0.1, 0.15) is 46.0 Å². The van der Waals surface area contributed by atoms with Crippen molar-refractivity contribution in [1.82, 2.24) is 19.0 Å². The van der Waals surface area contributed by atoms with E-state index in [1.54, 1.807) is 16.8 Å². The molecule has 1 unspecified atom stereocenters. The van der Waals surface area contributed by atoms with Crippen LogP contribution < -0.4 is 4.80 Å². The molecule has 0 amide bonds. The van der Waals surface area contributed by atoms with Crippen LogP contribution in [-0.4, -0.2) is 66.7 Å². The molecule has 7 nitrogen and oxygen atoms in total. The minimum Gasteiger partial charge on any atom is -0.305 e. The Morgan fingerprint density at radius 1 is 1.28 bits per heavy atom. The minimum absolute atomic E-state index is 0.0775. The molecule has 32 heavy (non-hydrogen) atoms. The van der Waals surface area contributed by atoms with Crippen molar-refractivity contribution >= 4 is 33.0 Å². The lowest BCUT2D eigenvalue weighted by molar-refractivity contribution is 0.261.